The monoisotopic (exact) mass is 285 g/mol. The number of aromatic nitrogens is 1. The van der Waals surface area contributed by atoms with Crippen molar-refractivity contribution in [2.75, 3.05) is 6.61 Å². The van der Waals surface area contributed by atoms with Crippen molar-refractivity contribution in [1.29, 1.82) is 0 Å². The first-order chi connectivity index (χ1) is 10.2. The molecule has 0 aliphatic rings. The quantitative estimate of drug-likeness (QED) is 0.632. The van der Waals surface area contributed by atoms with E-state index in [1.165, 1.54) is 11.1 Å². The predicted molar refractivity (Wildman–Crippen MR) is 85.1 cm³/mol. The van der Waals surface area contributed by atoms with Crippen LogP contribution in [-0.2, 0) is 0 Å². The van der Waals surface area contributed by atoms with Gasteiger partial charge in [-0.1, -0.05) is 30.7 Å². The molecule has 1 atom stereocenters. The first-order valence-electron chi connectivity index (χ1n) is 7.26. The Morgan fingerprint density at radius 1 is 1.24 bits per heavy atom. The molecule has 21 heavy (non-hydrogen) atoms. The zero-order chi connectivity index (χ0) is 15.2. The van der Waals surface area contributed by atoms with E-state index in [2.05, 4.69) is 49.4 Å². The molecule has 0 aliphatic carbocycles. The number of hydrazine groups is 1. The van der Waals surface area contributed by atoms with Gasteiger partial charge in [-0.2, -0.15) is 0 Å². The predicted octanol–water partition coefficient (Wildman–Crippen LogP) is 3.04. The maximum atomic E-state index is 5.78. The smallest absolute Gasteiger partial charge is 0.137 e. The highest BCUT2D eigenvalue weighted by molar-refractivity contribution is 5.39. The number of aryl methyl sites for hydroxylation is 2. The minimum Gasteiger partial charge on any atom is -0.492 e. The van der Waals surface area contributed by atoms with Crippen LogP contribution in [0.15, 0.2) is 36.7 Å². The zero-order valence-corrected chi connectivity index (χ0v) is 12.9. The van der Waals surface area contributed by atoms with Gasteiger partial charge in [0.25, 0.3) is 0 Å². The summed E-state index contributed by atoms with van der Waals surface area (Å²) in [6.07, 6.45) is 4.53. The first-order valence-corrected chi connectivity index (χ1v) is 7.26. The lowest BCUT2D eigenvalue weighted by Crippen LogP contribution is -2.29. The standard InChI is InChI=1S/C17H23N3O/c1-4-7-21-15-9-14(10-19-11-15)17(20-18)16-6-5-12(2)8-13(16)3/h5-6,8-11,17,20H,4,7,18H2,1-3H3. The van der Waals surface area contributed by atoms with E-state index >= 15 is 0 Å². The molecule has 1 aromatic carbocycles. The van der Waals surface area contributed by atoms with E-state index in [0.29, 0.717) is 6.61 Å². The summed E-state index contributed by atoms with van der Waals surface area (Å²) < 4.78 is 5.64. The Morgan fingerprint density at radius 2 is 2.05 bits per heavy atom. The molecule has 0 saturated heterocycles. The van der Waals surface area contributed by atoms with Crippen molar-refractivity contribution < 1.29 is 4.74 Å². The molecular weight excluding hydrogens is 262 g/mol. The highest BCUT2D eigenvalue weighted by Crippen LogP contribution is 2.26. The van der Waals surface area contributed by atoms with Gasteiger partial charge in [-0.3, -0.25) is 10.8 Å². The van der Waals surface area contributed by atoms with Gasteiger partial charge in [0.05, 0.1) is 18.8 Å². The second kappa shape index (κ2) is 7.20. The number of hydrogen-bond acceptors (Lipinski definition) is 4. The molecule has 3 N–H and O–H groups in total. The lowest BCUT2D eigenvalue weighted by molar-refractivity contribution is 0.315. The van der Waals surface area contributed by atoms with Crippen LogP contribution in [0.25, 0.3) is 0 Å². The Bertz CT molecular complexity index is 598. The van der Waals surface area contributed by atoms with Gasteiger partial charge in [0.2, 0.25) is 0 Å². The summed E-state index contributed by atoms with van der Waals surface area (Å²) in [5, 5.41) is 0. The van der Waals surface area contributed by atoms with E-state index in [1.54, 1.807) is 6.20 Å². The Balaban J connectivity index is 2.32. The second-order valence-electron chi connectivity index (χ2n) is 5.26. The third-order valence-corrected chi connectivity index (χ3v) is 3.44. The first kappa shape index (κ1) is 15.5. The van der Waals surface area contributed by atoms with E-state index in [0.717, 1.165) is 23.3 Å². The van der Waals surface area contributed by atoms with Gasteiger partial charge in [0.1, 0.15) is 5.75 Å². The summed E-state index contributed by atoms with van der Waals surface area (Å²) in [6, 6.07) is 8.26. The third kappa shape index (κ3) is 3.80. The number of nitrogens with one attached hydrogen (secondary N) is 1. The average molecular weight is 285 g/mol. The largest absolute Gasteiger partial charge is 0.492 e. The minimum atomic E-state index is -0.0942. The lowest BCUT2D eigenvalue weighted by Gasteiger charge is -2.19. The third-order valence-electron chi connectivity index (χ3n) is 3.44. The number of rotatable bonds is 6. The van der Waals surface area contributed by atoms with E-state index in [9.17, 15) is 0 Å². The van der Waals surface area contributed by atoms with Crippen LogP contribution in [-0.4, -0.2) is 11.6 Å². The van der Waals surface area contributed by atoms with Crippen molar-refractivity contribution >= 4 is 0 Å². The molecule has 0 bridgehead atoms. The molecular formula is C17H23N3O. The van der Waals surface area contributed by atoms with Gasteiger partial charge in [-0.15, -0.1) is 0 Å². The average Bonchev–Trinajstić information content (AvgIpc) is 2.48. The summed E-state index contributed by atoms with van der Waals surface area (Å²) in [5.74, 6) is 6.55. The number of benzene rings is 1. The summed E-state index contributed by atoms with van der Waals surface area (Å²) in [4.78, 5) is 4.26. The molecule has 0 radical (unpaired) electrons. The van der Waals surface area contributed by atoms with E-state index in [-0.39, 0.29) is 6.04 Å². The van der Waals surface area contributed by atoms with Crippen LogP contribution >= 0.6 is 0 Å². The maximum absolute atomic E-state index is 5.78. The molecule has 2 aromatic rings. The fourth-order valence-electron chi connectivity index (χ4n) is 2.41. The van der Waals surface area contributed by atoms with Crippen LogP contribution < -0.4 is 16.0 Å². The van der Waals surface area contributed by atoms with Crippen molar-refractivity contribution in [2.45, 2.75) is 33.2 Å². The Labute approximate surface area is 126 Å². The molecule has 0 spiro atoms. The number of hydrogen-bond donors (Lipinski definition) is 2. The van der Waals surface area contributed by atoms with E-state index in [4.69, 9.17) is 10.6 Å². The molecule has 0 fully saturated rings. The molecule has 1 unspecified atom stereocenters. The lowest BCUT2D eigenvalue weighted by atomic mass is 9.95. The van der Waals surface area contributed by atoms with Gasteiger partial charge < -0.3 is 4.74 Å². The highest BCUT2D eigenvalue weighted by atomic mass is 16.5. The number of ether oxygens (including phenoxy) is 1. The molecule has 0 amide bonds. The molecule has 0 saturated carbocycles. The highest BCUT2D eigenvalue weighted by Gasteiger charge is 2.15. The molecule has 4 nitrogen and oxygen atoms in total. The molecule has 112 valence electrons. The molecule has 1 aromatic heterocycles. The minimum absolute atomic E-state index is 0.0942. The van der Waals surface area contributed by atoms with Gasteiger partial charge in [0, 0.05) is 6.20 Å². The molecule has 2 rings (SSSR count). The molecule has 1 heterocycles. The topological polar surface area (TPSA) is 60.2 Å². The summed E-state index contributed by atoms with van der Waals surface area (Å²) in [5.41, 5.74) is 7.48. The Kier molecular flexibility index (Phi) is 5.31. The number of pyridine rings is 1. The van der Waals surface area contributed by atoms with E-state index < -0.39 is 0 Å². The van der Waals surface area contributed by atoms with Crippen molar-refractivity contribution in [3.05, 3.63) is 58.9 Å². The normalized spacial score (nSPS) is 12.2. The zero-order valence-electron chi connectivity index (χ0n) is 12.9. The van der Waals surface area contributed by atoms with E-state index in [1.807, 2.05) is 12.3 Å². The van der Waals surface area contributed by atoms with Crippen molar-refractivity contribution in [3.63, 3.8) is 0 Å². The summed E-state index contributed by atoms with van der Waals surface area (Å²) in [6.45, 7) is 6.95. The van der Waals surface area contributed by atoms with Crippen molar-refractivity contribution in [3.8, 4) is 5.75 Å². The van der Waals surface area contributed by atoms with Crippen LogP contribution in [0.3, 0.4) is 0 Å². The summed E-state index contributed by atoms with van der Waals surface area (Å²) in [7, 11) is 0. The summed E-state index contributed by atoms with van der Waals surface area (Å²) >= 11 is 0. The van der Waals surface area contributed by atoms with Gasteiger partial charge in [0.15, 0.2) is 0 Å². The van der Waals surface area contributed by atoms with Gasteiger partial charge >= 0.3 is 0 Å². The Morgan fingerprint density at radius 3 is 2.71 bits per heavy atom. The molecule has 4 heteroatoms. The van der Waals surface area contributed by atoms with Gasteiger partial charge in [-0.05, 0) is 43.0 Å². The van der Waals surface area contributed by atoms with Crippen LogP contribution in [0.1, 0.15) is 41.6 Å². The second-order valence-corrected chi connectivity index (χ2v) is 5.26. The van der Waals surface area contributed by atoms with Crippen molar-refractivity contribution in [1.82, 2.24) is 10.4 Å². The van der Waals surface area contributed by atoms with Crippen LogP contribution in [0, 0.1) is 13.8 Å². The fourth-order valence-corrected chi connectivity index (χ4v) is 2.41. The van der Waals surface area contributed by atoms with Crippen LogP contribution in [0.5, 0.6) is 5.75 Å². The Hall–Kier alpha value is -1.91. The maximum Gasteiger partial charge on any atom is 0.137 e. The number of nitrogens with two attached hydrogens (primary N) is 1. The SMILES string of the molecule is CCCOc1cncc(C(NN)c2ccc(C)cc2C)c1. The van der Waals surface area contributed by atoms with Crippen molar-refractivity contribution in [2.24, 2.45) is 5.84 Å². The van der Waals surface area contributed by atoms with Gasteiger partial charge in [-0.25, -0.2) is 5.43 Å². The number of nitrogens with zero attached hydrogens (tertiary/aromatic N) is 1. The molecule has 0 aliphatic heterocycles. The van der Waals surface area contributed by atoms with Crippen LogP contribution in [0.4, 0.5) is 0 Å². The fraction of sp³-hybridized carbons (Fsp3) is 0.353. The van der Waals surface area contributed by atoms with Crippen LogP contribution in [0.2, 0.25) is 0 Å².